The zero-order chi connectivity index (χ0) is 11.5. The van der Waals surface area contributed by atoms with Crippen molar-refractivity contribution in [3.63, 3.8) is 0 Å². The Morgan fingerprint density at radius 2 is 2.31 bits per heavy atom. The van der Waals surface area contributed by atoms with Crippen molar-refractivity contribution < 1.29 is 0 Å². The zero-order valence-electron chi connectivity index (χ0n) is 9.38. The summed E-state index contributed by atoms with van der Waals surface area (Å²) in [6.07, 6.45) is 4.36. The number of hydrogen-bond acceptors (Lipinski definition) is 3. The zero-order valence-corrected chi connectivity index (χ0v) is 9.38. The summed E-state index contributed by atoms with van der Waals surface area (Å²) in [5, 5.41) is 13.2. The molecule has 2 aromatic rings. The molecule has 0 aromatic carbocycles. The average Bonchev–Trinajstić information content (AvgIpc) is 2.86. The van der Waals surface area contributed by atoms with Gasteiger partial charge in [0.15, 0.2) is 0 Å². The van der Waals surface area contributed by atoms with Gasteiger partial charge in [-0.15, -0.1) is 0 Å². The summed E-state index contributed by atoms with van der Waals surface area (Å²) in [5.74, 6) is 0.430. The van der Waals surface area contributed by atoms with Crippen molar-refractivity contribution in [2.24, 2.45) is 7.05 Å². The molecule has 82 valence electrons. The molecule has 0 unspecified atom stereocenters. The SMILES string of the molecule is CCc1cc(Cn2ccnc2C#N)n(C)n1. The van der Waals surface area contributed by atoms with Crippen molar-refractivity contribution >= 4 is 0 Å². The monoisotopic (exact) mass is 215 g/mol. The van der Waals surface area contributed by atoms with Crippen LogP contribution in [0, 0.1) is 11.3 Å². The molecule has 5 nitrogen and oxygen atoms in total. The summed E-state index contributed by atoms with van der Waals surface area (Å²) >= 11 is 0. The van der Waals surface area contributed by atoms with Gasteiger partial charge in [-0.25, -0.2) is 4.98 Å². The van der Waals surface area contributed by atoms with E-state index >= 15 is 0 Å². The Labute approximate surface area is 94.0 Å². The number of nitrogens with zero attached hydrogens (tertiary/aromatic N) is 5. The van der Waals surface area contributed by atoms with E-state index in [1.54, 1.807) is 12.4 Å². The standard InChI is InChI=1S/C11H13N5/c1-3-9-6-10(15(2)14-9)8-16-5-4-13-11(16)7-12/h4-6H,3,8H2,1-2H3. The van der Waals surface area contributed by atoms with Crippen LogP contribution in [0.2, 0.25) is 0 Å². The first-order valence-electron chi connectivity index (χ1n) is 5.17. The highest BCUT2D eigenvalue weighted by atomic mass is 15.3. The fourth-order valence-corrected chi connectivity index (χ4v) is 1.62. The lowest BCUT2D eigenvalue weighted by Crippen LogP contribution is -2.06. The average molecular weight is 215 g/mol. The number of aromatic nitrogens is 4. The van der Waals surface area contributed by atoms with E-state index in [0.717, 1.165) is 17.8 Å². The largest absolute Gasteiger partial charge is 0.317 e. The molecule has 0 amide bonds. The van der Waals surface area contributed by atoms with Crippen LogP contribution in [0.25, 0.3) is 0 Å². The van der Waals surface area contributed by atoms with Crippen molar-refractivity contribution in [3.8, 4) is 6.07 Å². The maximum absolute atomic E-state index is 8.85. The quantitative estimate of drug-likeness (QED) is 0.770. The third-order valence-electron chi connectivity index (χ3n) is 2.54. The molecule has 0 aliphatic heterocycles. The van der Waals surface area contributed by atoms with Crippen LogP contribution in [0.15, 0.2) is 18.5 Å². The first-order valence-corrected chi connectivity index (χ1v) is 5.17. The minimum atomic E-state index is 0.430. The van der Waals surface area contributed by atoms with Crippen LogP contribution in [0.1, 0.15) is 24.1 Å². The van der Waals surface area contributed by atoms with Crippen molar-refractivity contribution in [2.45, 2.75) is 19.9 Å². The second-order valence-corrected chi connectivity index (χ2v) is 3.59. The second-order valence-electron chi connectivity index (χ2n) is 3.59. The molecule has 0 radical (unpaired) electrons. The first-order chi connectivity index (χ1) is 7.74. The van der Waals surface area contributed by atoms with Crippen LogP contribution in [0.3, 0.4) is 0 Å². The van der Waals surface area contributed by atoms with Crippen LogP contribution < -0.4 is 0 Å². The molecule has 0 saturated heterocycles. The Bertz CT molecular complexity index is 529. The molecular weight excluding hydrogens is 202 g/mol. The van der Waals surface area contributed by atoms with Gasteiger partial charge >= 0.3 is 0 Å². The molecule has 2 aromatic heterocycles. The van der Waals surface area contributed by atoms with E-state index in [9.17, 15) is 0 Å². The van der Waals surface area contributed by atoms with E-state index in [0.29, 0.717) is 12.4 Å². The fraction of sp³-hybridized carbons (Fsp3) is 0.364. The summed E-state index contributed by atoms with van der Waals surface area (Å²) in [4.78, 5) is 3.96. The Hall–Kier alpha value is -2.09. The number of rotatable bonds is 3. The number of nitriles is 1. The molecule has 2 rings (SSSR count). The van der Waals surface area contributed by atoms with Crippen LogP contribution >= 0.6 is 0 Å². The third kappa shape index (κ3) is 1.82. The van der Waals surface area contributed by atoms with Crippen LogP contribution in [-0.4, -0.2) is 19.3 Å². The molecule has 2 heterocycles. The smallest absolute Gasteiger partial charge is 0.213 e. The van der Waals surface area contributed by atoms with E-state index in [-0.39, 0.29) is 0 Å². The molecule has 0 fully saturated rings. The lowest BCUT2D eigenvalue weighted by Gasteiger charge is -2.03. The predicted octanol–water partition coefficient (Wildman–Crippen LogP) is 1.10. The number of hydrogen-bond donors (Lipinski definition) is 0. The van der Waals surface area contributed by atoms with Gasteiger partial charge in [0.1, 0.15) is 6.07 Å². The van der Waals surface area contributed by atoms with Crippen LogP contribution in [0.5, 0.6) is 0 Å². The molecule has 0 bridgehead atoms. The number of aryl methyl sites for hydroxylation is 2. The lowest BCUT2D eigenvalue weighted by molar-refractivity contribution is 0.656. The summed E-state index contributed by atoms with van der Waals surface area (Å²) in [6, 6.07) is 4.11. The molecular formula is C11H13N5. The highest BCUT2D eigenvalue weighted by Gasteiger charge is 2.07. The minimum Gasteiger partial charge on any atom is -0.317 e. The third-order valence-corrected chi connectivity index (χ3v) is 2.54. The highest BCUT2D eigenvalue weighted by Crippen LogP contribution is 2.07. The van der Waals surface area contributed by atoms with Crippen LogP contribution in [0.4, 0.5) is 0 Å². The Kier molecular flexibility index (Phi) is 2.73. The molecule has 0 aliphatic rings. The van der Waals surface area contributed by atoms with Crippen molar-refractivity contribution in [3.05, 3.63) is 35.7 Å². The molecule has 0 spiro atoms. The van der Waals surface area contributed by atoms with Crippen molar-refractivity contribution in [1.29, 1.82) is 5.26 Å². The van der Waals surface area contributed by atoms with E-state index in [1.807, 2.05) is 16.3 Å². The summed E-state index contributed by atoms with van der Waals surface area (Å²) in [5.41, 5.74) is 2.14. The van der Waals surface area contributed by atoms with Gasteiger partial charge in [-0.1, -0.05) is 6.92 Å². The fourth-order valence-electron chi connectivity index (χ4n) is 1.62. The first kappa shape index (κ1) is 10.4. The Morgan fingerprint density at radius 3 is 2.94 bits per heavy atom. The van der Waals surface area contributed by atoms with Gasteiger partial charge < -0.3 is 4.57 Å². The minimum absolute atomic E-state index is 0.430. The summed E-state index contributed by atoms with van der Waals surface area (Å²) in [6.45, 7) is 2.70. The topological polar surface area (TPSA) is 59.4 Å². The van der Waals surface area contributed by atoms with E-state index in [2.05, 4.69) is 29.1 Å². The maximum atomic E-state index is 8.85. The highest BCUT2D eigenvalue weighted by molar-refractivity contribution is 5.16. The Balaban J connectivity index is 2.27. The van der Waals surface area contributed by atoms with Crippen LogP contribution in [-0.2, 0) is 20.0 Å². The van der Waals surface area contributed by atoms with Gasteiger partial charge in [0, 0.05) is 19.4 Å². The van der Waals surface area contributed by atoms with E-state index in [4.69, 9.17) is 5.26 Å². The lowest BCUT2D eigenvalue weighted by atomic mass is 10.3. The Morgan fingerprint density at radius 1 is 1.50 bits per heavy atom. The van der Waals surface area contributed by atoms with E-state index in [1.165, 1.54) is 0 Å². The molecule has 0 atom stereocenters. The molecule has 0 saturated carbocycles. The van der Waals surface area contributed by atoms with Crippen molar-refractivity contribution in [1.82, 2.24) is 19.3 Å². The second kappa shape index (κ2) is 4.19. The molecule has 5 heteroatoms. The van der Waals surface area contributed by atoms with E-state index < -0.39 is 0 Å². The van der Waals surface area contributed by atoms with Crippen molar-refractivity contribution in [2.75, 3.05) is 0 Å². The summed E-state index contributed by atoms with van der Waals surface area (Å²) < 4.78 is 3.66. The normalized spacial score (nSPS) is 10.3. The van der Waals surface area contributed by atoms with Gasteiger partial charge in [-0.2, -0.15) is 10.4 Å². The van der Waals surface area contributed by atoms with Gasteiger partial charge in [0.05, 0.1) is 17.9 Å². The molecule has 16 heavy (non-hydrogen) atoms. The van der Waals surface area contributed by atoms with Gasteiger partial charge in [-0.05, 0) is 12.5 Å². The maximum Gasteiger partial charge on any atom is 0.213 e. The van der Waals surface area contributed by atoms with Gasteiger partial charge in [-0.3, -0.25) is 4.68 Å². The molecule has 0 N–H and O–H groups in total. The number of imidazole rings is 1. The molecule has 0 aliphatic carbocycles. The van der Waals surface area contributed by atoms with Gasteiger partial charge in [0.25, 0.3) is 0 Å². The predicted molar refractivity (Wildman–Crippen MR) is 58.6 cm³/mol. The summed E-state index contributed by atoms with van der Waals surface area (Å²) in [7, 11) is 1.91. The van der Waals surface area contributed by atoms with Gasteiger partial charge in [0.2, 0.25) is 5.82 Å².